The molecule has 9 N–H and O–H groups in total. The van der Waals surface area contributed by atoms with E-state index in [1.165, 1.54) is 218 Å². The van der Waals surface area contributed by atoms with Gasteiger partial charge in [-0.15, -0.1) is 0 Å². The zero-order chi connectivity index (χ0) is 55.3. The average molecular weight is 1090 g/mol. The Bertz CT molecular complexity index is 1280. The van der Waals surface area contributed by atoms with Crippen LogP contribution >= 0.6 is 0 Å². The molecule has 0 aliphatic carbocycles. The van der Waals surface area contributed by atoms with E-state index >= 15 is 0 Å². The average Bonchev–Trinajstić information content (AvgIpc) is 3.42. The predicted octanol–water partition coefficient (Wildman–Crippen LogP) is 11.7. The Morgan fingerprint density at radius 3 is 1.12 bits per heavy atom. The lowest BCUT2D eigenvalue weighted by molar-refractivity contribution is -0.359. The predicted molar refractivity (Wildman–Crippen MR) is 305 cm³/mol. The van der Waals surface area contributed by atoms with Crippen molar-refractivity contribution in [2.24, 2.45) is 0 Å². The Labute approximate surface area is 464 Å². The summed E-state index contributed by atoms with van der Waals surface area (Å²) >= 11 is 0. The molecule has 76 heavy (non-hydrogen) atoms. The van der Waals surface area contributed by atoms with Gasteiger partial charge in [-0.3, -0.25) is 4.79 Å². The van der Waals surface area contributed by atoms with Crippen molar-refractivity contribution in [2.75, 3.05) is 19.8 Å². The highest BCUT2D eigenvalue weighted by molar-refractivity contribution is 5.76. The number of unbranched alkanes of at least 4 members (excludes halogenated alkanes) is 40. The summed E-state index contributed by atoms with van der Waals surface area (Å²) in [5.74, 6) is -0.201. The highest BCUT2D eigenvalue weighted by Gasteiger charge is 2.51. The molecule has 2 rings (SSSR count). The maximum Gasteiger partial charge on any atom is 0.220 e. The molecule has 2 aliphatic rings. The van der Waals surface area contributed by atoms with Crippen LogP contribution in [0.5, 0.6) is 0 Å². The molecular formula is C62H121NO13. The Morgan fingerprint density at radius 2 is 0.750 bits per heavy atom. The number of carbonyl (C=O) groups excluding carboxylic acids is 1. The summed E-state index contributed by atoms with van der Waals surface area (Å²) in [4.78, 5) is 13.3. The van der Waals surface area contributed by atoms with Crippen LogP contribution in [0.2, 0.25) is 0 Å². The molecule has 12 atom stereocenters. The van der Waals surface area contributed by atoms with E-state index in [0.29, 0.717) is 12.8 Å². The first-order valence-corrected chi connectivity index (χ1v) is 32.3. The molecule has 0 aromatic carbocycles. The van der Waals surface area contributed by atoms with Gasteiger partial charge in [0.15, 0.2) is 12.6 Å². The number of ether oxygens (including phenoxy) is 4. The van der Waals surface area contributed by atoms with Crippen molar-refractivity contribution in [1.82, 2.24) is 5.32 Å². The molecule has 0 saturated carbocycles. The van der Waals surface area contributed by atoms with Gasteiger partial charge in [-0.1, -0.05) is 277 Å². The van der Waals surface area contributed by atoms with E-state index in [-0.39, 0.29) is 12.5 Å². The molecule has 2 fully saturated rings. The van der Waals surface area contributed by atoms with Gasteiger partial charge in [0.2, 0.25) is 5.91 Å². The largest absolute Gasteiger partial charge is 0.394 e. The molecule has 0 bridgehead atoms. The van der Waals surface area contributed by atoms with Crippen LogP contribution in [-0.2, 0) is 23.7 Å². The van der Waals surface area contributed by atoms with Gasteiger partial charge in [0.1, 0.15) is 48.8 Å². The van der Waals surface area contributed by atoms with Gasteiger partial charge in [-0.25, -0.2) is 0 Å². The topological polar surface area (TPSA) is 228 Å². The smallest absolute Gasteiger partial charge is 0.220 e. The number of hydrogen-bond donors (Lipinski definition) is 9. The van der Waals surface area contributed by atoms with E-state index in [2.05, 4.69) is 19.2 Å². The first-order chi connectivity index (χ1) is 37.1. The molecule has 14 nitrogen and oxygen atoms in total. The molecule has 2 heterocycles. The Hall–Kier alpha value is -1.01. The normalized spacial score (nSPS) is 24.8. The molecule has 0 aromatic heterocycles. The Balaban J connectivity index is 1.60. The van der Waals surface area contributed by atoms with Crippen molar-refractivity contribution < 1.29 is 64.6 Å². The maximum absolute atomic E-state index is 13.3. The van der Waals surface area contributed by atoms with Gasteiger partial charge in [-0.2, -0.15) is 0 Å². The standard InChI is InChI=1S/C62H121NO13/c1-3-5-7-9-11-13-15-16-17-18-19-20-21-22-23-24-25-26-27-28-29-30-31-32-33-34-36-38-40-42-44-46-54(67)63-50(51(66)45-43-41-39-37-35-14-12-10-8-6-4-2)49-73-61-59(72)57(70)60(53(48-65)75-61)76-62-58(71)56(69)55(68)52(47-64)74-62/h50-53,55-62,64-66,68-72H,3-49H2,1-2H3,(H,63,67)/t50-,51+,52+,53+,55-,56?,57?,58?,59?,60+,61+,62-/m0/s1. The van der Waals surface area contributed by atoms with Crippen LogP contribution in [0.4, 0.5) is 0 Å². The second kappa shape index (κ2) is 48.7. The lowest BCUT2D eigenvalue weighted by Crippen LogP contribution is -2.65. The molecule has 2 saturated heterocycles. The summed E-state index contributed by atoms with van der Waals surface area (Å²) in [5.41, 5.74) is 0. The molecule has 0 radical (unpaired) electrons. The van der Waals surface area contributed by atoms with Gasteiger partial charge in [0.25, 0.3) is 0 Å². The van der Waals surface area contributed by atoms with E-state index in [4.69, 9.17) is 18.9 Å². The minimum atomic E-state index is -1.78. The molecule has 14 heteroatoms. The number of aliphatic hydroxyl groups is 8. The fourth-order valence-corrected chi connectivity index (χ4v) is 11.1. The van der Waals surface area contributed by atoms with Crippen molar-refractivity contribution in [2.45, 2.75) is 370 Å². The van der Waals surface area contributed by atoms with E-state index in [1.54, 1.807) is 0 Å². The highest BCUT2D eigenvalue weighted by Crippen LogP contribution is 2.30. The summed E-state index contributed by atoms with van der Waals surface area (Å²) in [5, 5.41) is 87.2. The number of rotatable bonds is 53. The first-order valence-electron chi connectivity index (χ1n) is 32.3. The van der Waals surface area contributed by atoms with Crippen LogP contribution in [0.3, 0.4) is 0 Å². The van der Waals surface area contributed by atoms with Gasteiger partial charge in [0.05, 0.1) is 32.0 Å². The zero-order valence-electron chi connectivity index (χ0n) is 48.8. The third kappa shape index (κ3) is 33.7. The van der Waals surface area contributed by atoms with Crippen molar-refractivity contribution in [3.05, 3.63) is 0 Å². The van der Waals surface area contributed by atoms with Gasteiger partial charge in [0, 0.05) is 6.42 Å². The van der Waals surface area contributed by atoms with Crippen LogP contribution in [0, 0.1) is 0 Å². The molecule has 452 valence electrons. The summed E-state index contributed by atoms with van der Waals surface area (Å²) in [7, 11) is 0. The minimum absolute atomic E-state index is 0.201. The van der Waals surface area contributed by atoms with Crippen molar-refractivity contribution >= 4 is 5.91 Å². The zero-order valence-corrected chi connectivity index (χ0v) is 48.8. The lowest BCUT2D eigenvalue weighted by Gasteiger charge is -2.46. The van der Waals surface area contributed by atoms with Crippen molar-refractivity contribution in [3.63, 3.8) is 0 Å². The SMILES string of the molecule is CCCCCCCCCCCCCCCCCCCCCCCCCCCCCCCCCC(=O)N[C@@H](CO[C@@H]1O[C@H](CO)[C@@H](O[C@@H]2O[C@H](CO)[C@H](O)C(O)C2O)C(O)C1O)[C@H](O)CCCCCCCCCCCCC. The number of hydrogen-bond acceptors (Lipinski definition) is 13. The second-order valence-electron chi connectivity index (χ2n) is 23.3. The van der Waals surface area contributed by atoms with Crippen molar-refractivity contribution in [1.29, 1.82) is 0 Å². The van der Waals surface area contributed by atoms with Gasteiger partial charge >= 0.3 is 0 Å². The Morgan fingerprint density at radius 1 is 0.421 bits per heavy atom. The maximum atomic E-state index is 13.3. The third-order valence-corrected chi connectivity index (χ3v) is 16.3. The van der Waals surface area contributed by atoms with E-state index in [9.17, 15) is 45.6 Å². The lowest BCUT2D eigenvalue weighted by atomic mass is 9.97. The third-order valence-electron chi connectivity index (χ3n) is 16.3. The van der Waals surface area contributed by atoms with E-state index < -0.39 is 86.8 Å². The molecular weight excluding hydrogens is 967 g/mol. The summed E-state index contributed by atoms with van der Waals surface area (Å²) in [6.45, 7) is 2.88. The van der Waals surface area contributed by atoms with Crippen molar-refractivity contribution in [3.8, 4) is 0 Å². The second-order valence-corrected chi connectivity index (χ2v) is 23.3. The minimum Gasteiger partial charge on any atom is -0.394 e. The van der Waals surface area contributed by atoms with Crippen LogP contribution in [0.15, 0.2) is 0 Å². The summed E-state index contributed by atoms with van der Waals surface area (Å²) < 4.78 is 22.8. The number of amides is 1. The monoisotopic (exact) mass is 1090 g/mol. The number of nitrogens with one attached hydrogen (secondary N) is 1. The molecule has 1 amide bonds. The van der Waals surface area contributed by atoms with Crippen LogP contribution in [0.25, 0.3) is 0 Å². The number of aliphatic hydroxyl groups excluding tert-OH is 8. The highest BCUT2D eigenvalue weighted by atomic mass is 16.7. The summed E-state index contributed by atoms with van der Waals surface area (Å²) in [6, 6.07) is -0.822. The van der Waals surface area contributed by atoms with Crippen LogP contribution in [-0.4, -0.2) is 140 Å². The van der Waals surface area contributed by atoms with E-state index in [1.807, 2.05) is 0 Å². The fraction of sp³-hybridized carbons (Fsp3) is 0.984. The van der Waals surface area contributed by atoms with E-state index in [0.717, 1.165) is 51.4 Å². The first kappa shape index (κ1) is 71.1. The molecule has 4 unspecified atom stereocenters. The fourth-order valence-electron chi connectivity index (χ4n) is 11.1. The molecule has 0 aromatic rings. The van der Waals surface area contributed by atoms with Crippen LogP contribution in [0.1, 0.15) is 296 Å². The molecule has 2 aliphatic heterocycles. The quantitative estimate of drug-likeness (QED) is 0.0259. The number of carbonyl (C=O) groups is 1. The van der Waals surface area contributed by atoms with Gasteiger partial charge in [-0.05, 0) is 12.8 Å². The van der Waals surface area contributed by atoms with Gasteiger partial charge < -0.3 is 65.1 Å². The summed E-state index contributed by atoms with van der Waals surface area (Å²) in [6.07, 6.45) is 38.6. The van der Waals surface area contributed by atoms with Crippen LogP contribution < -0.4 is 5.32 Å². The Kier molecular flexibility index (Phi) is 45.5. The molecule has 0 spiro atoms.